The Hall–Kier alpha value is -1.93. The SMILES string of the molecule is BrC#CCCOc1nncc(-c2ccccc2)n1. The second-order valence-electron chi connectivity index (χ2n) is 3.36. The fourth-order valence-electron chi connectivity index (χ4n) is 1.34. The summed E-state index contributed by atoms with van der Waals surface area (Å²) >= 11 is 3.02. The molecule has 0 aliphatic carbocycles. The average molecular weight is 304 g/mol. The van der Waals surface area contributed by atoms with E-state index in [9.17, 15) is 0 Å². The molecule has 0 bridgehead atoms. The summed E-state index contributed by atoms with van der Waals surface area (Å²) in [6, 6.07) is 10.0. The summed E-state index contributed by atoms with van der Waals surface area (Å²) in [6.07, 6.45) is 2.23. The highest BCUT2D eigenvalue weighted by molar-refractivity contribution is 9.12. The van der Waals surface area contributed by atoms with Gasteiger partial charge >= 0.3 is 6.01 Å². The van der Waals surface area contributed by atoms with Crippen LogP contribution < -0.4 is 4.74 Å². The first-order valence-electron chi connectivity index (χ1n) is 5.36. The largest absolute Gasteiger partial charge is 0.461 e. The quantitative estimate of drug-likeness (QED) is 0.643. The van der Waals surface area contributed by atoms with Crippen molar-refractivity contribution in [1.82, 2.24) is 15.2 Å². The van der Waals surface area contributed by atoms with Crippen LogP contribution in [-0.2, 0) is 0 Å². The van der Waals surface area contributed by atoms with Crippen LogP contribution in [0.1, 0.15) is 6.42 Å². The fraction of sp³-hybridized carbons (Fsp3) is 0.154. The minimum absolute atomic E-state index is 0.271. The van der Waals surface area contributed by atoms with Crippen LogP contribution >= 0.6 is 15.9 Å². The van der Waals surface area contributed by atoms with E-state index in [2.05, 4.69) is 41.9 Å². The maximum atomic E-state index is 5.36. The Morgan fingerprint density at radius 3 is 2.83 bits per heavy atom. The first kappa shape index (κ1) is 12.5. The van der Waals surface area contributed by atoms with Gasteiger partial charge in [-0.3, -0.25) is 0 Å². The molecule has 18 heavy (non-hydrogen) atoms. The Bertz CT molecular complexity index is 563. The van der Waals surface area contributed by atoms with E-state index in [4.69, 9.17) is 4.74 Å². The van der Waals surface area contributed by atoms with Crippen LogP contribution in [0.3, 0.4) is 0 Å². The molecule has 1 heterocycles. The van der Waals surface area contributed by atoms with Gasteiger partial charge in [0, 0.05) is 27.9 Å². The molecular weight excluding hydrogens is 294 g/mol. The molecule has 90 valence electrons. The molecule has 2 rings (SSSR count). The monoisotopic (exact) mass is 303 g/mol. The molecule has 0 unspecified atom stereocenters. The van der Waals surface area contributed by atoms with Gasteiger partial charge in [0.05, 0.1) is 11.9 Å². The number of aromatic nitrogens is 3. The first-order chi connectivity index (χ1) is 8.90. The Labute approximate surface area is 114 Å². The highest BCUT2D eigenvalue weighted by Crippen LogP contribution is 2.16. The molecule has 0 saturated carbocycles. The molecule has 0 aliphatic rings. The standard InChI is InChI=1S/C13H10BrN3O/c14-8-4-5-9-18-13-16-12(10-15-17-13)11-6-2-1-3-7-11/h1-3,6-7,10H,5,9H2. The van der Waals surface area contributed by atoms with Gasteiger partial charge < -0.3 is 4.74 Å². The lowest BCUT2D eigenvalue weighted by molar-refractivity contribution is 0.297. The number of hydrogen-bond acceptors (Lipinski definition) is 4. The van der Waals surface area contributed by atoms with Crippen LogP contribution in [0.2, 0.25) is 0 Å². The molecule has 0 N–H and O–H groups in total. The predicted molar refractivity (Wildman–Crippen MR) is 72.1 cm³/mol. The lowest BCUT2D eigenvalue weighted by Gasteiger charge is -2.03. The molecule has 2 aromatic rings. The second-order valence-corrected chi connectivity index (χ2v) is 3.76. The van der Waals surface area contributed by atoms with Gasteiger partial charge in [-0.25, -0.2) is 0 Å². The highest BCUT2D eigenvalue weighted by atomic mass is 79.9. The molecule has 4 nitrogen and oxygen atoms in total. The molecule has 0 saturated heterocycles. The average Bonchev–Trinajstić information content (AvgIpc) is 2.45. The fourth-order valence-corrected chi connectivity index (χ4v) is 1.54. The number of ether oxygens (including phenoxy) is 1. The number of rotatable bonds is 4. The van der Waals surface area contributed by atoms with Crippen LogP contribution in [0.4, 0.5) is 0 Å². The van der Waals surface area contributed by atoms with E-state index >= 15 is 0 Å². The summed E-state index contributed by atoms with van der Waals surface area (Å²) in [7, 11) is 0. The summed E-state index contributed by atoms with van der Waals surface area (Å²) in [6.45, 7) is 0.443. The Morgan fingerprint density at radius 1 is 1.22 bits per heavy atom. The van der Waals surface area contributed by atoms with Gasteiger partial charge in [-0.1, -0.05) is 41.4 Å². The first-order valence-corrected chi connectivity index (χ1v) is 6.16. The van der Waals surface area contributed by atoms with Crippen LogP contribution in [0.15, 0.2) is 36.5 Å². The van der Waals surface area contributed by atoms with E-state index in [0.29, 0.717) is 13.0 Å². The normalized spacial score (nSPS) is 9.39. The van der Waals surface area contributed by atoms with E-state index in [1.165, 1.54) is 0 Å². The van der Waals surface area contributed by atoms with Gasteiger partial charge in [-0.05, 0) is 4.83 Å². The van der Waals surface area contributed by atoms with Crippen LogP contribution in [0, 0.1) is 10.8 Å². The van der Waals surface area contributed by atoms with Crippen molar-refractivity contribution in [3.8, 4) is 28.0 Å². The summed E-state index contributed by atoms with van der Waals surface area (Å²) in [5.41, 5.74) is 1.73. The Kier molecular flexibility index (Phi) is 4.68. The molecular formula is C13H10BrN3O. The van der Waals surface area contributed by atoms with Crippen LogP contribution in [-0.4, -0.2) is 21.8 Å². The van der Waals surface area contributed by atoms with Crippen molar-refractivity contribution < 1.29 is 4.74 Å². The van der Waals surface area contributed by atoms with Gasteiger partial charge in [0.25, 0.3) is 0 Å². The number of nitrogens with zero attached hydrogens (tertiary/aromatic N) is 3. The summed E-state index contributed by atoms with van der Waals surface area (Å²) in [5.74, 6) is 2.83. The van der Waals surface area contributed by atoms with E-state index in [-0.39, 0.29) is 6.01 Å². The molecule has 0 amide bonds. The van der Waals surface area contributed by atoms with Gasteiger partial charge in [0.15, 0.2) is 0 Å². The van der Waals surface area contributed by atoms with Crippen molar-refractivity contribution in [2.24, 2.45) is 0 Å². The van der Waals surface area contributed by atoms with Gasteiger partial charge in [0.2, 0.25) is 0 Å². The molecule has 0 aliphatic heterocycles. The zero-order chi connectivity index (χ0) is 12.6. The lowest BCUT2D eigenvalue weighted by Crippen LogP contribution is -2.02. The third kappa shape index (κ3) is 3.54. The zero-order valence-corrected chi connectivity index (χ0v) is 11.1. The van der Waals surface area contributed by atoms with Crippen molar-refractivity contribution in [1.29, 1.82) is 0 Å². The molecule has 5 heteroatoms. The maximum Gasteiger partial charge on any atom is 0.336 e. The van der Waals surface area contributed by atoms with Crippen molar-refractivity contribution in [2.45, 2.75) is 6.42 Å². The Morgan fingerprint density at radius 2 is 2.06 bits per heavy atom. The topological polar surface area (TPSA) is 47.9 Å². The molecule has 0 fully saturated rings. The van der Waals surface area contributed by atoms with E-state index in [0.717, 1.165) is 11.3 Å². The third-order valence-corrected chi connectivity index (χ3v) is 2.41. The Balaban J connectivity index is 2.07. The highest BCUT2D eigenvalue weighted by Gasteiger charge is 2.03. The molecule has 1 aromatic heterocycles. The smallest absolute Gasteiger partial charge is 0.336 e. The van der Waals surface area contributed by atoms with Gasteiger partial charge in [-0.2, -0.15) is 10.1 Å². The van der Waals surface area contributed by atoms with Crippen molar-refractivity contribution in [3.63, 3.8) is 0 Å². The maximum absolute atomic E-state index is 5.36. The molecule has 0 spiro atoms. The molecule has 0 atom stereocenters. The van der Waals surface area contributed by atoms with Crippen LogP contribution in [0.5, 0.6) is 6.01 Å². The predicted octanol–water partition coefficient (Wildman–Crippen LogP) is 2.66. The second kappa shape index (κ2) is 6.72. The van der Waals surface area contributed by atoms with Gasteiger partial charge in [-0.15, -0.1) is 0 Å². The lowest BCUT2D eigenvalue weighted by atomic mass is 10.2. The van der Waals surface area contributed by atoms with Crippen molar-refractivity contribution >= 4 is 15.9 Å². The minimum Gasteiger partial charge on any atom is -0.461 e. The van der Waals surface area contributed by atoms with Crippen molar-refractivity contribution in [2.75, 3.05) is 6.61 Å². The summed E-state index contributed by atoms with van der Waals surface area (Å²) in [5, 5.41) is 7.70. The van der Waals surface area contributed by atoms with Crippen LogP contribution in [0.25, 0.3) is 11.3 Å². The summed E-state index contributed by atoms with van der Waals surface area (Å²) < 4.78 is 5.36. The number of benzene rings is 1. The van der Waals surface area contributed by atoms with Gasteiger partial charge in [0.1, 0.15) is 6.61 Å². The zero-order valence-electron chi connectivity index (χ0n) is 9.51. The van der Waals surface area contributed by atoms with E-state index < -0.39 is 0 Å². The number of hydrogen-bond donors (Lipinski definition) is 0. The minimum atomic E-state index is 0.271. The molecule has 0 radical (unpaired) electrons. The van der Waals surface area contributed by atoms with E-state index in [1.807, 2.05) is 30.3 Å². The third-order valence-electron chi connectivity index (χ3n) is 2.13. The molecule has 1 aromatic carbocycles. The number of halogens is 1. The van der Waals surface area contributed by atoms with Crippen molar-refractivity contribution in [3.05, 3.63) is 36.5 Å². The summed E-state index contributed by atoms with van der Waals surface area (Å²) in [4.78, 5) is 6.90. The van der Waals surface area contributed by atoms with E-state index in [1.54, 1.807) is 6.20 Å².